The average Bonchev–Trinajstić information content (AvgIpc) is 2.91. The number of carbonyl (C=O) groups is 8. The molecule has 0 saturated carbocycles. The Balaban J connectivity index is 2.73. The maximum atomic E-state index is 12.4. The first-order chi connectivity index (χ1) is 21.9. The molecule has 47 heavy (non-hydrogen) atoms. The molecule has 0 radical (unpaired) electrons. The summed E-state index contributed by atoms with van der Waals surface area (Å²) in [6.07, 6.45) is -12.1. The van der Waals surface area contributed by atoms with Crippen LogP contribution in [0, 0.1) is 0 Å². The van der Waals surface area contributed by atoms with Crippen molar-refractivity contribution in [1.29, 1.82) is 0 Å². The van der Waals surface area contributed by atoms with Gasteiger partial charge in [-0.15, -0.1) is 0 Å². The molecule has 0 bridgehead atoms. The fraction of sp³-hybridized carbons (Fsp3) is 0.714. The van der Waals surface area contributed by atoms with E-state index in [1.165, 1.54) is 0 Å². The van der Waals surface area contributed by atoms with Gasteiger partial charge in [-0.1, -0.05) is 0 Å². The summed E-state index contributed by atoms with van der Waals surface area (Å²) in [5, 5.41) is 5.02. The van der Waals surface area contributed by atoms with E-state index >= 15 is 0 Å². The topological polar surface area (TPSA) is 244 Å². The number of esters is 6. The van der Waals surface area contributed by atoms with Gasteiger partial charge >= 0.3 is 35.8 Å². The molecule has 19 nitrogen and oxygen atoms in total. The van der Waals surface area contributed by atoms with Gasteiger partial charge in [0.2, 0.25) is 18.1 Å². The molecule has 19 heteroatoms. The van der Waals surface area contributed by atoms with Crippen molar-refractivity contribution in [3.05, 3.63) is 0 Å². The highest BCUT2D eigenvalue weighted by Crippen LogP contribution is 2.33. The first kappa shape index (κ1) is 38.8. The predicted octanol–water partition coefficient (Wildman–Crippen LogP) is -1.68. The number of amides is 2. The summed E-state index contributed by atoms with van der Waals surface area (Å²) in [5.74, 6) is -6.25. The minimum absolute atomic E-state index is 0.549. The SMILES string of the molecule is CC(=O)N[C@H]1[C@H](O[C@H]2[C@H](OC(C)=O)[C@@H](NC(C)=O)C(OC(C)=O)O[C@@H]2COC(C)=O)O[C@H](COC(C)=O)[C@@H](OC(C)=O)[C@@H]1OC(C)=O. The van der Waals surface area contributed by atoms with Crippen LogP contribution in [-0.2, 0) is 81.0 Å². The Kier molecular flexibility index (Phi) is 14.5. The largest absolute Gasteiger partial charge is 0.463 e. The second kappa shape index (κ2) is 17.5. The van der Waals surface area contributed by atoms with Crippen molar-refractivity contribution < 1.29 is 81.0 Å². The van der Waals surface area contributed by atoms with Gasteiger partial charge in [0, 0.05) is 55.4 Å². The third kappa shape index (κ3) is 12.1. The lowest BCUT2D eigenvalue weighted by molar-refractivity contribution is -0.330. The van der Waals surface area contributed by atoms with Gasteiger partial charge in [-0.2, -0.15) is 0 Å². The van der Waals surface area contributed by atoms with E-state index in [1.54, 1.807) is 0 Å². The molecule has 10 atom stereocenters. The lowest BCUT2D eigenvalue weighted by Gasteiger charge is -2.49. The Morgan fingerprint density at radius 3 is 1.23 bits per heavy atom. The Bertz CT molecular complexity index is 1210. The van der Waals surface area contributed by atoms with Gasteiger partial charge in [0.1, 0.15) is 43.6 Å². The predicted molar refractivity (Wildman–Crippen MR) is 149 cm³/mol. The van der Waals surface area contributed by atoms with E-state index in [-0.39, 0.29) is 0 Å². The van der Waals surface area contributed by atoms with E-state index < -0.39 is 122 Å². The molecule has 2 N–H and O–H groups in total. The fourth-order valence-electron chi connectivity index (χ4n) is 4.95. The standard InChI is InChI=1S/C28H40N2O17/c1-11(31)29-21-26(43-17(7)37)24(20(10-40-14(4)34)45-27(21)44-18(8)38)47-28-22(30-12(2)32)25(42-16(6)36)23(41-15(5)35)19(46-28)9-39-13(3)33/h19-28H,9-10H2,1-8H3,(H,29,31)(H,30,32)/t19-,20-,21-,22-,23-,24-,25-,26-,27?,28+/m1/s1. The first-order valence-corrected chi connectivity index (χ1v) is 14.4. The number of hydrogen-bond donors (Lipinski definition) is 2. The molecule has 264 valence electrons. The van der Waals surface area contributed by atoms with Gasteiger partial charge in [-0.25, -0.2) is 0 Å². The van der Waals surface area contributed by atoms with Crippen molar-refractivity contribution in [3.8, 4) is 0 Å². The second-order valence-corrected chi connectivity index (χ2v) is 10.6. The molecule has 2 aliphatic heterocycles. The lowest BCUT2D eigenvalue weighted by atomic mass is 9.94. The minimum atomic E-state index is -1.69. The van der Waals surface area contributed by atoms with Crippen LogP contribution in [0.5, 0.6) is 0 Å². The van der Waals surface area contributed by atoms with Crippen LogP contribution >= 0.6 is 0 Å². The zero-order valence-corrected chi connectivity index (χ0v) is 27.1. The number of rotatable bonds is 12. The summed E-state index contributed by atoms with van der Waals surface area (Å²) < 4.78 is 50.1. The van der Waals surface area contributed by atoms with Crippen molar-refractivity contribution in [2.45, 2.75) is 117 Å². The van der Waals surface area contributed by atoms with Crippen LogP contribution in [0.2, 0.25) is 0 Å². The number of carbonyl (C=O) groups excluding carboxylic acids is 8. The monoisotopic (exact) mass is 676 g/mol. The van der Waals surface area contributed by atoms with Crippen molar-refractivity contribution in [1.82, 2.24) is 10.6 Å². The molecular formula is C28H40N2O17. The Labute approximate surface area is 269 Å². The molecule has 0 aromatic rings. The maximum absolute atomic E-state index is 12.4. The Morgan fingerprint density at radius 1 is 0.468 bits per heavy atom. The maximum Gasteiger partial charge on any atom is 0.305 e. The van der Waals surface area contributed by atoms with Crippen LogP contribution in [0.3, 0.4) is 0 Å². The second-order valence-electron chi connectivity index (χ2n) is 10.6. The summed E-state index contributed by atoms with van der Waals surface area (Å²) in [5.41, 5.74) is 0. The smallest absolute Gasteiger partial charge is 0.305 e. The van der Waals surface area contributed by atoms with Gasteiger partial charge in [0.15, 0.2) is 24.6 Å². The van der Waals surface area contributed by atoms with E-state index in [4.69, 9.17) is 42.6 Å². The summed E-state index contributed by atoms with van der Waals surface area (Å²) in [7, 11) is 0. The number of nitrogens with one attached hydrogen (secondary N) is 2. The summed E-state index contributed by atoms with van der Waals surface area (Å²) in [6.45, 7) is 7.56. The van der Waals surface area contributed by atoms with Gasteiger partial charge in [-0.05, 0) is 0 Å². The highest BCUT2D eigenvalue weighted by atomic mass is 16.8. The molecule has 2 fully saturated rings. The fourth-order valence-corrected chi connectivity index (χ4v) is 4.95. The molecule has 2 amide bonds. The molecule has 2 saturated heterocycles. The minimum Gasteiger partial charge on any atom is -0.463 e. The first-order valence-electron chi connectivity index (χ1n) is 14.4. The summed E-state index contributed by atoms with van der Waals surface area (Å²) >= 11 is 0. The van der Waals surface area contributed by atoms with Gasteiger partial charge in [-0.3, -0.25) is 38.4 Å². The Morgan fingerprint density at radius 2 is 0.830 bits per heavy atom. The third-order valence-electron chi connectivity index (χ3n) is 6.41. The average molecular weight is 677 g/mol. The highest BCUT2D eigenvalue weighted by Gasteiger charge is 2.56. The van der Waals surface area contributed by atoms with Crippen LogP contribution in [0.1, 0.15) is 55.4 Å². The van der Waals surface area contributed by atoms with Gasteiger partial charge in [0.05, 0.1) is 0 Å². The molecule has 2 heterocycles. The van der Waals surface area contributed by atoms with E-state index in [1.807, 2.05) is 0 Å². The quantitative estimate of drug-likeness (QED) is 0.173. The van der Waals surface area contributed by atoms with Crippen molar-refractivity contribution >= 4 is 47.6 Å². The zero-order valence-electron chi connectivity index (χ0n) is 27.1. The van der Waals surface area contributed by atoms with Crippen LogP contribution < -0.4 is 10.6 Å². The molecule has 0 aliphatic carbocycles. The highest BCUT2D eigenvalue weighted by molar-refractivity contribution is 5.74. The molecule has 2 aliphatic rings. The van der Waals surface area contributed by atoms with Crippen molar-refractivity contribution in [3.63, 3.8) is 0 Å². The van der Waals surface area contributed by atoms with E-state index in [2.05, 4.69) is 10.6 Å². The van der Waals surface area contributed by atoms with Gasteiger partial charge in [0.25, 0.3) is 0 Å². The molecule has 0 spiro atoms. The van der Waals surface area contributed by atoms with Crippen LogP contribution in [0.4, 0.5) is 0 Å². The molecule has 2 rings (SSSR count). The summed E-state index contributed by atoms with van der Waals surface area (Å²) in [4.78, 5) is 96.7. The van der Waals surface area contributed by atoms with Crippen LogP contribution in [-0.4, -0.2) is 122 Å². The zero-order chi connectivity index (χ0) is 35.6. The van der Waals surface area contributed by atoms with Crippen molar-refractivity contribution in [2.24, 2.45) is 0 Å². The van der Waals surface area contributed by atoms with E-state index in [0.29, 0.717) is 0 Å². The third-order valence-corrected chi connectivity index (χ3v) is 6.41. The molecule has 0 aromatic heterocycles. The van der Waals surface area contributed by atoms with Crippen molar-refractivity contribution in [2.75, 3.05) is 13.2 Å². The molecule has 0 aromatic carbocycles. The number of ether oxygens (including phenoxy) is 9. The lowest BCUT2D eigenvalue weighted by Crippen LogP contribution is -2.70. The Hall–Kier alpha value is -4.36. The normalized spacial score (nSPS) is 30.0. The summed E-state index contributed by atoms with van der Waals surface area (Å²) in [6, 6.07) is -2.86. The molecular weight excluding hydrogens is 636 g/mol. The van der Waals surface area contributed by atoms with Gasteiger partial charge < -0.3 is 53.3 Å². The molecule has 1 unspecified atom stereocenters. The van der Waals surface area contributed by atoms with E-state index in [0.717, 1.165) is 55.4 Å². The van der Waals surface area contributed by atoms with Crippen LogP contribution in [0.15, 0.2) is 0 Å². The van der Waals surface area contributed by atoms with E-state index in [9.17, 15) is 38.4 Å². The number of hydrogen-bond acceptors (Lipinski definition) is 17. The van der Waals surface area contributed by atoms with Crippen LogP contribution in [0.25, 0.3) is 0 Å².